The van der Waals surface area contributed by atoms with Crippen LogP contribution in [0.3, 0.4) is 0 Å². The van der Waals surface area contributed by atoms with Crippen molar-refractivity contribution in [2.45, 2.75) is 18.9 Å². The van der Waals surface area contributed by atoms with Gasteiger partial charge < -0.3 is 5.73 Å². The number of rotatable bonds is 1. The Balaban J connectivity index is 2.52. The van der Waals surface area contributed by atoms with Gasteiger partial charge in [-0.1, -0.05) is 4.68 Å². The number of nitrogens with two attached hydrogens (primary N) is 1. The maximum absolute atomic E-state index is 5.80. The second-order valence-corrected chi connectivity index (χ2v) is 3.00. The fraction of sp³-hybridized carbons (Fsp3) is 0.750. The molecular weight excluding hydrogens is 138 g/mol. The van der Waals surface area contributed by atoms with Crippen LogP contribution in [0, 0.1) is 0 Å². The van der Waals surface area contributed by atoms with Crippen LogP contribution in [-0.4, -0.2) is 41.7 Å². The smallest absolute Gasteiger partial charge is 0.190 e. The zero-order valence-electron chi connectivity index (χ0n) is 7.08. The first-order valence-electron chi connectivity index (χ1n) is 4.01. The average Bonchev–Trinajstić information content (AvgIpc) is 2.03. The molecule has 62 valence electrons. The summed E-state index contributed by atoms with van der Waals surface area (Å²) in [6.07, 6.45) is 2.31. The summed E-state index contributed by atoms with van der Waals surface area (Å²) in [5, 5.41) is 2.17. The van der Waals surface area contributed by atoms with Crippen LogP contribution in [0.25, 0.3) is 0 Å². The van der Waals surface area contributed by atoms with Crippen molar-refractivity contribution >= 4 is 5.87 Å². The van der Waals surface area contributed by atoms with Crippen molar-refractivity contribution in [3.63, 3.8) is 0 Å². The van der Waals surface area contributed by atoms with E-state index in [4.69, 9.17) is 5.73 Å². The van der Waals surface area contributed by atoms with E-state index in [9.17, 15) is 0 Å². The SMILES string of the molecule is C=C=[N+](C)N1CCCC(N)C1. The Hall–Kier alpha value is -0.790. The molecule has 1 aliphatic heterocycles. The Bertz CT molecular complexity index is 182. The predicted octanol–water partition coefficient (Wildman–Crippen LogP) is -0.177. The normalized spacial score (nSPS) is 24.5. The molecule has 1 heterocycles. The van der Waals surface area contributed by atoms with Crippen molar-refractivity contribution in [2.24, 2.45) is 5.73 Å². The van der Waals surface area contributed by atoms with Crippen molar-refractivity contribution in [3.05, 3.63) is 6.58 Å². The summed E-state index contributed by atoms with van der Waals surface area (Å²) in [5.41, 5.74) is 5.80. The molecule has 1 atom stereocenters. The number of piperidine rings is 1. The minimum Gasteiger partial charge on any atom is -0.326 e. The van der Waals surface area contributed by atoms with Gasteiger partial charge >= 0.3 is 0 Å². The highest BCUT2D eigenvalue weighted by molar-refractivity contribution is 5.39. The number of hydrazone groups is 1. The molecule has 1 aliphatic rings. The first-order chi connectivity index (χ1) is 5.24. The molecule has 3 heteroatoms. The summed E-state index contributed by atoms with van der Waals surface area (Å²) in [5.74, 6) is 2.81. The van der Waals surface area contributed by atoms with E-state index in [0.29, 0.717) is 6.04 Å². The van der Waals surface area contributed by atoms with Crippen LogP contribution in [-0.2, 0) is 0 Å². The number of nitrogens with zero attached hydrogens (tertiary/aromatic N) is 2. The molecule has 0 aromatic carbocycles. The minimum absolute atomic E-state index is 0.319. The first kappa shape index (κ1) is 8.31. The largest absolute Gasteiger partial charge is 0.326 e. The van der Waals surface area contributed by atoms with Crippen molar-refractivity contribution in [1.29, 1.82) is 0 Å². The van der Waals surface area contributed by atoms with Gasteiger partial charge in [0.15, 0.2) is 12.9 Å². The molecule has 1 saturated heterocycles. The number of hydrazine groups is 1. The first-order valence-corrected chi connectivity index (χ1v) is 4.01. The van der Waals surface area contributed by atoms with Gasteiger partial charge in [0.1, 0.15) is 0 Å². The van der Waals surface area contributed by atoms with Crippen molar-refractivity contribution in [3.8, 4) is 0 Å². The van der Waals surface area contributed by atoms with E-state index in [0.717, 1.165) is 19.5 Å². The summed E-state index contributed by atoms with van der Waals surface area (Å²) in [7, 11) is 1.95. The Morgan fingerprint density at radius 3 is 3.00 bits per heavy atom. The van der Waals surface area contributed by atoms with Crippen LogP contribution in [0.2, 0.25) is 0 Å². The molecule has 0 radical (unpaired) electrons. The lowest BCUT2D eigenvalue weighted by Crippen LogP contribution is -2.46. The maximum Gasteiger partial charge on any atom is 0.190 e. The molecule has 0 aromatic rings. The van der Waals surface area contributed by atoms with Crippen molar-refractivity contribution < 1.29 is 4.68 Å². The van der Waals surface area contributed by atoms with E-state index in [1.807, 2.05) is 11.7 Å². The van der Waals surface area contributed by atoms with E-state index in [1.54, 1.807) is 0 Å². The Kier molecular flexibility index (Phi) is 2.69. The lowest BCUT2D eigenvalue weighted by atomic mass is 10.1. The molecule has 1 fully saturated rings. The molecular formula is C8H16N3+. The zero-order chi connectivity index (χ0) is 8.27. The maximum atomic E-state index is 5.80. The molecule has 1 unspecified atom stereocenters. The molecule has 11 heavy (non-hydrogen) atoms. The van der Waals surface area contributed by atoms with Gasteiger partial charge in [0, 0.05) is 12.6 Å². The van der Waals surface area contributed by atoms with E-state index in [-0.39, 0.29) is 0 Å². The Morgan fingerprint density at radius 2 is 2.45 bits per heavy atom. The van der Waals surface area contributed by atoms with Gasteiger partial charge in [-0.25, -0.2) is 0 Å². The monoisotopic (exact) mass is 154 g/mol. The zero-order valence-corrected chi connectivity index (χ0v) is 7.08. The van der Waals surface area contributed by atoms with Crippen LogP contribution >= 0.6 is 0 Å². The molecule has 0 amide bonds. The molecule has 2 N–H and O–H groups in total. The van der Waals surface area contributed by atoms with E-state index in [2.05, 4.69) is 17.5 Å². The van der Waals surface area contributed by atoms with Crippen LogP contribution in [0.15, 0.2) is 6.58 Å². The highest BCUT2D eigenvalue weighted by atomic mass is 15.5. The molecule has 1 rings (SSSR count). The van der Waals surface area contributed by atoms with E-state index >= 15 is 0 Å². The summed E-state index contributed by atoms with van der Waals surface area (Å²) < 4.78 is 1.89. The molecule has 0 aromatic heterocycles. The lowest BCUT2D eigenvalue weighted by molar-refractivity contribution is -0.665. The summed E-state index contributed by atoms with van der Waals surface area (Å²) in [6.45, 7) is 5.58. The van der Waals surface area contributed by atoms with Gasteiger partial charge in [0.05, 0.1) is 13.1 Å². The Labute approximate surface area is 67.8 Å². The van der Waals surface area contributed by atoms with Gasteiger partial charge in [0.25, 0.3) is 0 Å². The van der Waals surface area contributed by atoms with E-state index < -0.39 is 0 Å². The van der Waals surface area contributed by atoms with Gasteiger partial charge in [-0.3, -0.25) is 0 Å². The highest BCUT2D eigenvalue weighted by Crippen LogP contribution is 2.06. The molecule has 3 nitrogen and oxygen atoms in total. The van der Waals surface area contributed by atoms with Crippen LogP contribution in [0.4, 0.5) is 0 Å². The van der Waals surface area contributed by atoms with Gasteiger partial charge in [-0.2, -0.15) is 5.01 Å². The van der Waals surface area contributed by atoms with Crippen LogP contribution in [0.1, 0.15) is 12.8 Å². The second-order valence-electron chi connectivity index (χ2n) is 3.00. The highest BCUT2D eigenvalue weighted by Gasteiger charge is 2.20. The van der Waals surface area contributed by atoms with Gasteiger partial charge in [-0.15, -0.1) is 0 Å². The molecule has 0 saturated carbocycles. The average molecular weight is 154 g/mol. The summed E-state index contributed by atoms with van der Waals surface area (Å²) >= 11 is 0. The molecule has 0 bridgehead atoms. The number of hydrogen-bond donors (Lipinski definition) is 1. The standard InChI is InChI=1S/C8H16N3/c1-3-10(2)11-6-4-5-8(9)7-11/h8H,1,4-7,9H2,2H3/q+1. The van der Waals surface area contributed by atoms with Gasteiger partial charge in [0.2, 0.25) is 0 Å². The third-order valence-electron chi connectivity index (χ3n) is 2.09. The third kappa shape index (κ3) is 2.07. The summed E-state index contributed by atoms with van der Waals surface area (Å²) in [6, 6.07) is 0.319. The van der Waals surface area contributed by atoms with Gasteiger partial charge in [-0.05, 0) is 12.8 Å². The quantitative estimate of drug-likeness (QED) is 0.420. The lowest BCUT2D eigenvalue weighted by Gasteiger charge is -2.25. The molecule has 0 aliphatic carbocycles. The van der Waals surface area contributed by atoms with Crippen LogP contribution in [0.5, 0.6) is 0 Å². The Morgan fingerprint density at radius 1 is 1.73 bits per heavy atom. The third-order valence-corrected chi connectivity index (χ3v) is 2.09. The second kappa shape index (κ2) is 3.56. The minimum atomic E-state index is 0.319. The summed E-state index contributed by atoms with van der Waals surface area (Å²) in [4.78, 5) is 0. The van der Waals surface area contributed by atoms with E-state index in [1.165, 1.54) is 6.42 Å². The molecule has 0 spiro atoms. The van der Waals surface area contributed by atoms with Crippen LogP contribution < -0.4 is 5.73 Å². The van der Waals surface area contributed by atoms with Crippen molar-refractivity contribution in [1.82, 2.24) is 5.01 Å². The topological polar surface area (TPSA) is 32.3 Å². The van der Waals surface area contributed by atoms with Crippen molar-refractivity contribution in [2.75, 3.05) is 20.1 Å². The fourth-order valence-corrected chi connectivity index (χ4v) is 1.36. The fourth-order valence-electron chi connectivity index (χ4n) is 1.36. The number of hydrogen-bond acceptors (Lipinski definition) is 2. The predicted molar refractivity (Wildman–Crippen MR) is 45.6 cm³/mol.